The zero-order valence-corrected chi connectivity index (χ0v) is 11.8. The van der Waals surface area contributed by atoms with Crippen LogP contribution in [0.15, 0.2) is 36.4 Å². The maximum Gasteiger partial charge on any atom is 0.336 e. The van der Waals surface area contributed by atoms with Crippen molar-refractivity contribution in [2.75, 3.05) is 11.9 Å². The highest BCUT2D eigenvalue weighted by atomic mass is 16.5. The van der Waals surface area contributed by atoms with Gasteiger partial charge >= 0.3 is 5.97 Å². The lowest BCUT2D eigenvalue weighted by Crippen LogP contribution is -2.05. The second-order valence-corrected chi connectivity index (χ2v) is 5.18. The third kappa shape index (κ3) is 2.70. The van der Waals surface area contributed by atoms with Gasteiger partial charge in [0.15, 0.2) is 0 Å². The number of carboxylic acid groups (broad SMARTS) is 1. The van der Waals surface area contributed by atoms with Gasteiger partial charge in [0.25, 0.3) is 0 Å². The van der Waals surface area contributed by atoms with Crippen molar-refractivity contribution in [2.24, 2.45) is 0 Å². The van der Waals surface area contributed by atoms with Crippen molar-refractivity contribution >= 4 is 11.7 Å². The van der Waals surface area contributed by atoms with Gasteiger partial charge in [-0.1, -0.05) is 18.2 Å². The molecule has 1 aliphatic rings. The summed E-state index contributed by atoms with van der Waals surface area (Å²) in [6.07, 6.45) is 0.955. The SMILES string of the molecule is Cc1c(NCc2ccc3c(c2)CCO3)cccc1C(=O)O. The van der Waals surface area contributed by atoms with Gasteiger partial charge in [-0.3, -0.25) is 0 Å². The lowest BCUT2D eigenvalue weighted by Gasteiger charge is -2.12. The first kappa shape index (κ1) is 13.5. The number of carboxylic acids is 1. The molecule has 4 heteroatoms. The van der Waals surface area contributed by atoms with E-state index in [2.05, 4.69) is 11.4 Å². The van der Waals surface area contributed by atoms with Crippen LogP contribution in [0.5, 0.6) is 5.75 Å². The summed E-state index contributed by atoms with van der Waals surface area (Å²) >= 11 is 0. The fraction of sp³-hybridized carbons (Fsp3) is 0.235. The molecule has 21 heavy (non-hydrogen) atoms. The molecule has 0 fully saturated rings. The Hall–Kier alpha value is -2.49. The van der Waals surface area contributed by atoms with Crippen LogP contribution in [-0.2, 0) is 13.0 Å². The summed E-state index contributed by atoms with van der Waals surface area (Å²) in [7, 11) is 0. The molecular formula is C17H17NO3. The van der Waals surface area contributed by atoms with Crippen LogP contribution in [0.1, 0.15) is 27.0 Å². The first-order valence-electron chi connectivity index (χ1n) is 6.96. The molecule has 0 atom stereocenters. The molecule has 0 saturated heterocycles. The molecule has 0 saturated carbocycles. The Balaban J connectivity index is 1.76. The van der Waals surface area contributed by atoms with E-state index >= 15 is 0 Å². The summed E-state index contributed by atoms with van der Waals surface area (Å²) in [5, 5.41) is 12.5. The van der Waals surface area contributed by atoms with E-state index in [1.165, 1.54) is 11.1 Å². The number of hydrogen-bond acceptors (Lipinski definition) is 3. The average Bonchev–Trinajstić information content (AvgIpc) is 2.93. The summed E-state index contributed by atoms with van der Waals surface area (Å²) in [4.78, 5) is 11.1. The van der Waals surface area contributed by atoms with Gasteiger partial charge in [-0.15, -0.1) is 0 Å². The quantitative estimate of drug-likeness (QED) is 0.904. The van der Waals surface area contributed by atoms with E-state index in [1.54, 1.807) is 12.1 Å². The van der Waals surface area contributed by atoms with Crippen LogP contribution in [0.25, 0.3) is 0 Å². The third-order valence-electron chi connectivity index (χ3n) is 3.80. The predicted octanol–water partition coefficient (Wildman–Crippen LogP) is 3.24. The molecular weight excluding hydrogens is 266 g/mol. The summed E-state index contributed by atoms with van der Waals surface area (Å²) in [6, 6.07) is 11.5. The maximum absolute atomic E-state index is 11.1. The van der Waals surface area contributed by atoms with Crippen LogP contribution in [0.2, 0.25) is 0 Å². The van der Waals surface area contributed by atoms with Gasteiger partial charge in [0.2, 0.25) is 0 Å². The molecule has 1 heterocycles. The van der Waals surface area contributed by atoms with Gasteiger partial charge in [-0.25, -0.2) is 4.79 Å². The molecule has 0 unspecified atom stereocenters. The van der Waals surface area contributed by atoms with E-state index in [0.717, 1.165) is 30.0 Å². The monoisotopic (exact) mass is 283 g/mol. The van der Waals surface area contributed by atoms with Gasteiger partial charge in [0.05, 0.1) is 12.2 Å². The van der Waals surface area contributed by atoms with Crippen LogP contribution in [-0.4, -0.2) is 17.7 Å². The number of aromatic carboxylic acids is 1. The zero-order valence-electron chi connectivity index (χ0n) is 11.8. The summed E-state index contributed by atoms with van der Waals surface area (Å²) in [5.74, 6) is 0.0774. The predicted molar refractivity (Wildman–Crippen MR) is 81.1 cm³/mol. The molecule has 0 aliphatic carbocycles. The maximum atomic E-state index is 11.1. The normalized spacial score (nSPS) is 12.6. The molecule has 3 rings (SSSR count). The highest BCUT2D eigenvalue weighted by Gasteiger charge is 2.13. The zero-order chi connectivity index (χ0) is 14.8. The van der Waals surface area contributed by atoms with Crippen molar-refractivity contribution in [1.82, 2.24) is 0 Å². The second-order valence-electron chi connectivity index (χ2n) is 5.18. The molecule has 1 aliphatic heterocycles. The third-order valence-corrected chi connectivity index (χ3v) is 3.80. The first-order chi connectivity index (χ1) is 10.1. The molecule has 2 aromatic carbocycles. The largest absolute Gasteiger partial charge is 0.493 e. The van der Waals surface area contributed by atoms with Crippen molar-refractivity contribution < 1.29 is 14.6 Å². The Morgan fingerprint density at radius 3 is 3.00 bits per heavy atom. The minimum Gasteiger partial charge on any atom is -0.493 e. The molecule has 2 N–H and O–H groups in total. The Labute approximate surface area is 123 Å². The molecule has 0 amide bonds. The van der Waals surface area contributed by atoms with Crippen molar-refractivity contribution in [3.63, 3.8) is 0 Å². The van der Waals surface area contributed by atoms with Crippen molar-refractivity contribution in [3.05, 3.63) is 58.7 Å². The van der Waals surface area contributed by atoms with Crippen LogP contribution in [0.4, 0.5) is 5.69 Å². The number of rotatable bonds is 4. The van der Waals surface area contributed by atoms with E-state index in [1.807, 2.05) is 25.1 Å². The Morgan fingerprint density at radius 1 is 1.33 bits per heavy atom. The van der Waals surface area contributed by atoms with Gasteiger partial charge < -0.3 is 15.2 Å². The van der Waals surface area contributed by atoms with Crippen LogP contribution in [0, 0.1) is 6.92 Å². The standard InChI is InChI=1S/C17H17NO3/c1-11-14(17(19)20)3-2-4-15(11)18-10-12-5-6-16-13(9-12)7-8-21-16/h2-6,9,18H,7-8,10H2,1H3,(H,19,20). The molecule has 0 bridgehead atoms. The summed E-state index contributed by atoms with van der Waals surface area (Å²) in [5.41, 5.74) is 4.35. The molecule has 108 valence electrons. The van der Waals surface area contributed by atoms with E-state index in [-0.39, 0.29) is 0 Å². The highest BCUT2D eigenvalue weighted by molar-refractivity contribution is 5.91. The van der Waals surface area contributed by atoms with E-state index in [9.17, 15) is 4.79 Å². The molecule has 4 nitrogen and oxygen atoms in total. The van der Waals surface area contributed by atoms with Gasteiger partial charge in [-0.2, -0.15) is 0 Å². The van der Waals surface area contributed by atoms with Crippen LogP contribution < -0.4 is 10.1 Å². The van der Waals surface area contributed by atoms with E-state index in [0.29, 0.717) is 12.1 Å². The van der Waals surface area contributed by atoms with E-state index < -0.39 is 5.97 Å². The van der Waals surface area contributed by atoms with Gasteiger partial charge in [-0.05, 0) is 41.8 Å². The smallest absolute Gasteiger partial charge is 0.336 e. The van der Waals surface area contributed by atoms with Crippen molar-refractivity contribution in [3.8, 4) is 5.75 Å². The number of ether oxygens (including phenoxy) is 1. The molecule has 0 radical (unpaired) electrons. The lowest BCUT2D eigenvalue weighted by molar-refractivity contribution is 0.0696. The van der Waals surface area contributed by atoms with Crippen molar-refractivity contribution in [2.45, 2.75) is 19.9 Å². The molecule has 0 spiro atoms. The minimum absolute atomic E-state index is 0.336. The van der Waals surface area contributed by atoms with Gasteiger partial charge in [0, 0.05) is 18.7 Å². The number of hydrogen-bond donors (Lipinski definition) is 2. The Kier molecular flexibility index (Phi) is 3.52. The lowest BCUT2D eigenvalue weighted by atomic mass is 10.1. The average molecular weight is 283 g/mol. The summed E-state index contributed by atoms with van der Waals surface area (Å²) in [6.45, 7) is 3.24. The highest BCUT2D eigenvalue weighted by Crippen LogP contribution is 2.26. The van der Waals surface area contributed by atoms with E-state index in [4.69, 9.17) is 9.84 Å². The Morgan fingerprint density at radius 2 is 2.19 bits per heavy atom. The fourth-order valence-electron chi connectivity index (χ4n) is 2.61. The number of benzene rings is 2. The molecule has 2 aromatic rings. The van der Waals surface area contributed by atoms with Gasteiger partial charge in [0.1, 0.15) is 5.75 Å². The number of carbonyl (C=O) groups is 1. The number of anilines is 1. The second kappa shape index (κ2) is 5.48. The summed E-state index contributed by atoms with van der Waals surface area (Å²) < 4.78 is 5.49. The van der Waals surface area contributed by atoms with Crippen molar-refractivity contribution in [1.29, 1.82) is 0 Å². The fourth-order valence-corrected chi connectivity index (χ4v) is 2.61. The number of nitrogens with one attached hydrogen (secondary N) is 1. The Bertz CT molecular complexity index is 694. The van der Waals surface area contributed by atoms with Crippen LogP contribution >= 0.6 is 0 Å². The topological polar surface area (TPSA) is 58.6 Å². The van der Waals surface area contributed by atoms with Crippen LogP contribution in [0.3, 0.4) is 0 Å². The minimum atomic E-state index is -0.897. The molecule has 0 aromatic heterocycles. The first-order valence-corrected chi connectivity index (χ1v) is 6.96. The number of fused-ring (bicyclic) bond motifs is 1.